The van der Waals surface area contributed by atoms with Crippen molar-refractivity contribution in [3.63, 3.8) is 0 Å². The molecule has 0 unspecified atom stereocenters. The molecule has 0 aliphatic carbocycles. The molecule has 0 amide bonds. The Hall–Kier alpha value is -1.69. The van der Waals surface area contributed by atoms with E-state index in [1.807, 2.05) is 6.92 Å². The molecule has 0 heterocycles. The molecule has 0 atom stereocenters. The first-order chi connectivity index (χ1) is 8.56. The summed E-state index contributed by atoms with van der Waals surface area (Å²) in [6, 6.07) is 1.49. The van der Waals surface area contributed by atoms with Crippen molar-refractivity contribution in [3.8, 4) is 0 Å². The van der Waals surface area contributed by atoms with E-state index in [9.17, 15) is 13.6 Å². The molecule has 0 saturated heterocycles. The van der Waals surface area contributed by atoms with Crippen LogP contribution in [0.4, 0.5) is 14.5 Å². The molecule has 0 aliphatic heterocycles. The number of hydrogen-bond acceptors (Lipinski definition) is 4. The lowest BCUT2D eigenvalue weighted by atomic mass is 10.2. The van der Waals surface area contributed by atoms with Crippen LogP contribution in [-0.4, -0.2) is 25.8 Å². The quantitative estimate of drug-likeness (QED) is 0.483. The Morgan fingerprint density at radius 2 is 2.00 bits per heavy atom. The number of carbonyl (C=O) groups excluding carboxylic acids is 1. The van der Waals surface area contributed by atoms with Crippen LogP contribution in [0.25, 0.3) is 0 Å². The fourth-order valence-electron chi connectivity index (χ4n) is 1.27. The van der Waals surface area contributed by atoms with Gasteiger partial charge in [0.15, 0.2) is 0 Å². The van der Waals surface area contributed by atoms with Crippen LogP contribution < -0.4 is 5.73 Å². The lowest BCUT2D eigenvalue weighted by Gasteiger charge is -2.07. The summed E-state index contributed by atoms with van der Waals surface area (Å²) in [7, 11) is 0. The van der Waals surface area contributed by atoms with Gasteiger partial charge >= 0.3 is 5.97 Å². The van der Waals surface area contributed by atoms with Crippen LogP contribution in [0.1, 0.15) is 23.7 Å². The second-order valence-corrected chi connectivity index (χ2v) is 3.54. The number of carbonyl (C=O) groups is 1. The number of rotatable bonds is 6. The van der Waals surface area contributed by atoms with Gasteiger partial charge in [0, 0.05) is 25.7 Å². The Morgan fingerprint density at radius 3 is 2.67 bits per heavy atom. The number of nitrogen functional groups attached to an aromatic ring is 1. The zero-order valence-corrected chi connectivity index (χ0v) is 10.0. The minimum atomic E-state index is -0.914. The molecule has 0 aromatic heterocycles. The fraction of sp³-hybridized carbons (Fsp3) is 0.417. The number of esters is 1. The molecule has 18 heavy (non-hydrogen) atoms. The number of anilines is 1. The molecule has 0 aliphatic rings. The second kappa shape index (κ2) is 6.90. The average Bonchev–Trinajstić information content (AvgIpc) is 2.33. The molecule has 0 fully saturated rings. The summed E-state index contributed by atoms with van der Waals surface area (Å²) < 4.78 is 36.2. The van der Waals surface area contributed by atoms with Crippen LogP contribution in [0.3, 0.4) is 0 Å². The Bertz CT molecular complexity index is 424. The van der Waals surface area contributed by atoms with Gasteiger partial charge in [-0.1, -0.05) is 0 Å². The van der Waals surface area contributed by atoms with E-state index in [1.165, 1.54) is 0 Å². The monoisotopic (exact) mass is 259 g/mol. The normalized spacial score (nSPS) is 10.4. The smallest absolute Gasteiger partial charge is 0.341 e. The van der Waals surface area contributed by atoms with Crippen molar-refractivity contribution in [2.75, 3.05) is 25.6 Å². The van der Waals surface area contributed by atoms with E-state index < -0.39 is 23.2 Å². The van der Waals surface area contributed by atoms with Crippen LogP contribution >= 0.6 is 0 Å². The van der Waals surface area contributed by atoms with Crippen molar-refractivity contribution in [1.29, 1.82) is 0 Å². The minimum Gasteiger partial charge on any atom is -0.462 e. The first kappa shape index (κ1) is 14.4. The van der Waals surface area contributed by atoms with Crippen molar-refractivity contribution >= 4 is 11.7 Å². The van der Waals surface area contributed by atoms with Gasteiger partial charge in [0.1, 0.15) is 11.6 Å². The highest BCUT2D eigenvalue weighted by Crippen LogP contribution is 2.17. The predicted octanol–water partition coefficient (Wildman–Crippen LogP) is 2.13. The van der Waals surface area contributed by atoms with Crippen molar-refractivity contribution in [2.24, 2.45) is 0 Å². The molecule has 1 rings (SSSR count). The van der Waals surface area contributed by atoms with E-state index in [0.29, 0.717) is 19.6 Å². The van der Waals surface area contributed by atoms with Gasteiger partial charge in [-0.2, -0.15) is 0 Å². The molecular weight excluding hydrogens is 244 g/mol. The lowest BCUT2D eigenvalue weighted by molar-refractivity contribution is 0.0447. The third-order valence-electron chi connectivity index (χ3n) is 2.18. The second-order valence-electron chi connectivity index (χ2n) is 3.54. The van der Waals surface area contributed by atoms with E-state index in [1.54, 1.807) is 0 Å². The van der Waals surface area contributed by atoms with Gasteiger partial charge in [-0.3, -0.25) is 0 Å². The van der Waals surface area contributed by atoms with Gasteiger partial charge in [0.05, 0.1) is 17.9 Å². The molecule has 0 spiro atoms. The zero-order valence-electron chi connectivity index (χ0n) is 10.0. The Kier molecular flexibility index (Phi) is 5.51. The highest BCUT2D eigenvalue weighted by molar-refractivity contribution is 5.90. The summed E-state index contributed by atoms with van der Waals surface area (Å²) >= 11 is 0. The third-order valence-corrected chi connectivity index (χ3v) is 2.18. The molecule has 6 heteroatoms. The molecular formula is C12H15F2NO3. The van der Waals surface area contributed by atoms with Crippen molar-refractivity contribution in [1.82, 2.24) is 0 Å². The van der Waals surface area contributed by atoms with E-state index in [4.69, 9.17) is 15.2 Å². The maximum absolute atomic E-state index is 13.3. The van der Waals surface area contributed by atoms with Gasteiger partial charge in [-0.15, -0.1) is 0 Å². The van der Waals surface area contributed by atoms with Gasteiger partial charge in [0.2, 0.25) is 0 Å². The van der Waals surface area contributed by atoms with Crippen LogP contribution in [0, 0.1) is 11.6 Å². The predicted molar refractivity (Wildman–Crippen MR) is 62.2 cm³/mol. The first-order valence-corrected chi connectivity index (χ1v) is 5.55. The van der Waals surface area contributed by atoms with Crippen molar-refractivity contribution in [3.05, 3.63) is 29.3 Å². The molecule has 2 N–H and O–H groups in total. The lowest BCUT2D eigenvalue weighted by Crippen LogP contribution is -2.11. The van der Waals surface area contributed by atoms with Crippen LogP contribution in [-0.2, 0) is 9.47 Å². The van der Waals surface area contributed by atoms with Gasteiger partial charge < -0.3 is 15.2 Å². The number of ether oxygens (including phenoxy) is 2. The maximum Gasteiger partial charge on any atom is 0.341 e. The summed E-state index contributed by atoms with van der Waals surface area (Å²) in [6.45, 7) is 2.96. The molecule has 1 aromatic carbocycles. The summed E-state index contributed by atoms with van der Waals surface area (Å²) in [4.78, 5) is 11.5. The van der Waals surface area contributed by atoms with E-state index in [2.05, 4.69) is 0 Å². The molecule has 0 radical (unpaired) electrons. The summed E-state index contributed by atoms with van der Waals surface area (Å²) in [5, 5.41) is 0. The first-order valence-electron chi connectivity index (χ1n) is 5.55. The average molecular weight is 259 g/mol. The number of nitrogens with two attached hydrogens (primary N) is 1. The maximum atomic E-state index is 13.3. The Morgan fingerprint density at radius 1 is 1.28 bits per heavy atom. The Labute approximate surface area is 104 Å². The molecule has 4 nitrogen and oxygen atoms in total. The Balaban J connectivity index is 2.54. The van der Waals surface area contributed by atoms with Crippen LogP contribution in [0.2, 0.25) is 0 Å². The highest BCUT2D eigenvalue weighted by atomic mass is 19.1. The molecule has 100 valence electrons. The molecule has 0 saturated carbocycles. The highest BCUT2D eigenvalue weighted by Gasteiger charge is 2.16. The largest absolute Gasteiger partial charge is 0.462 e. The fourth-order valence-corrected chi connectivity index (χ4v) is 1.27. The summed E-state index contributed by atoms with van der Waals surface area (Å²) in [5.74, 6) is -2.66. The van der Waals surface area contributed by atoms with E-state index in [-0.39, 0.29) is 12.3 Å². The van der Waals surface area contributed by atoms with Crippen LogP contribution in [0.5, 0.6) is 0 Å². The number of hydrogen-bond donors (Lipinski definition) is 1. The van der Waals surface area contributed by atoms with Crippen molar-refractivity contribution in [2.45, 2.75) is 13.3 Å². The molecule has 1 aromatic rings. The van der Waals surface area contributed by atoms with Gasteiger partial charge in [-0.25, -0.2) is 13.6 Å². The van der Waals surface area contributed by atoms with Gasteiger partial charge in [0.25, 0.3) is 0 Å². The SMILES string of the molecule is CCOCCCOC(=O)c1cc(F)c(N)cc1F. The number of benzene rings is 1. The van der Waals surface area contributed by atoms with E-state index >= 15 is 0 Å². The molecule has 0 bridgehead atoms. The number of halogens is 2. The van der Waals surface area contributed by atoms with Crippen molar-refractivity contribution < 1.29 is 23.0 Å². The summed E-state index contributed by atoms with van der Waals surface area (Å²) in [5.41, 5.74) is 4.35. The van der Waals surface area contributed by atoms with Crippen LogP contribution in [0.15, 0.2) is 12.1 Å². The summed E-state index contributed by atoms with van der Waals surface area (Å²) in [6.07, 6.45) is 0.499. The standard InChI is InChI=1S/C12H15F2NO3/c1-2-17-4-3-5-18-12(16)8-6-10(14)11(15)7-9(8)13/h6-7H,2-5,15H2,1H3. The van der Waals surface area contributed by atoms with E-state index in [0.717, 1.165) is 12.1 Å². The minimum absolute atomic E-state index is 0.0876. The zero-order chi connectivity index (χ0) is 13.5. The topological polar surface area (TPSA) is 61.5 Å². The third kappa shape index (κ3) is 3.96. The van der Waals surface area contributed by atoms with Gasteiger partial charge in [-0.05, 0) is 13.0 Å².